The average Bonchev–Trinajstić information content (AvgIpc) is 2.90. The highest BCUT2D eigenvalue weighted by Crippen LogP contribution is 2.34. The fourth-order valence-electron chi connectivity index (χ4n) is 1.38. The molecule has 1 aliphatic carbocycles. The molecule has 1 amide bonds. The van der Waals surface area contributed by atoms with E-state index in [0.29, 0.717) is 11.4 Å². The van der Waals surface area contributed by atoms with Gasteiger partial charge in [-0.2, -0.15) is 5.10 Å². The summed E-state index contributed by atoms with van der Waals surface area (Å²) in [5, 5.41) is 18.3. The van der Waals surface area contributed by atoms with Crippen LogP contribution in [0.5, 0.6) is 0 Å². The molecule has 82 valence electrons. The Balaban J connectivity index is 2.12. The highest BCUT2D eigenvalue weighted by Gasteiger charge is 2.44. The fourth-order valence-corrected chi connectivity index (χ4v) is 1.38. The van der Waals surface area contributed by atoms with Crippen LogP contribution in [0.2, 0.25) is 0 Å². The lowest BCUT2D eigenvalue weighted by atomic mass is 10.2. The molecule has 15 heavy (non-hydrogen) atoms. The van der Waals surface area contributed by atoms with Crippen molar-refractivity contribution in [2.75, 3.05) is 12.3 Å². The summed E-state index contributed by atoms with van der Waals surface area (Å²) in [4.78, 5) is 11.7. The largest absolute Gasteiger partial charge is 0.395 e. The number of hydrogen-bond acceptors (Lipinski definition) is 4. The molecule has 1 fully saturated rings. The van der Waals surface area contributed by atoms with Gasteiger partial charge in [0.15, 0.2) is 5.69 Å². The third-order valence-corrected chi connectivity index (χ3v) is 2.74. The van der Waals surface area contributed by atoms with Crippen LogP contribution in [-0.4, -0.2) is 33.4 Å². The van der Waals surface area contributed by atoms with Gasteiger partial charge in [0.2, 0.25) is 0 Å². The van der Waals surface area contributed by atoms with E-state index in [4.69, 9.17) is 10.8 Å². The Hall–Kier alpha value is -1.56. The molecule has 1 aromatic heterocycles. The van der Waals surface area contributed by atoms with Gasteiger partial charge in [0.1, 0.15) is 0 Å². The SMILES string of the molecule is Cc1[nH]nc(C(=O)NC2(CO)CC2)c1N. The van der Waals surface area contributed by atoms with E-state index in [-0.39, 0.29) is 18.2 Å². The van der Waals surface area contributed by atoms with Gasteiger partial charge >= 0.3 is 0 Å². The van der Waals surface area contributed by atoms with Crippen molar-refractivity contribution >= 4 is 11.6 Å². The number of rotatable bonds is 3. The molecule has 0 saturated heterocycles. The Morgan fingerprint density at radius 1 is 1.73 bits per heavy atom. The van der Waals surface area contributed by atoms with Gasteiger partial charge in [0, 0.05) is 0 Å². The van der Waals surface area contributed by atoms with Crippen molar-refractivity contribution in [2.45, 2.75) is 25.3 Å². The molecule has 6 heteroatoms. The van der Waals surface area contributed by atoms with E-state index >= 15 is 0 Å². The lowest BCUT2D eigenvalue weighted by molar-refractivity contribution is 0.0902. The number of aliphatic hydroxyl groups excluding tert-OH is 1. The highest BCUT2D eigenvalue weighted by atomic mass is 16.3. The molecular formula is C9H14N4O2. The van der Waals surface area contributed by atoms with Crippen LogP contribution >= 0.6 is 0 Å². The Bertz CT molecular complexity index is 395. The normalized spacial score (nSPS) is 17.5. The second kappa shape index (κ2) is 3.23. The van der Waals surface area contributed by atoms with Crippen LogP contribution in [0.25, 0.3) is 0 Å². The number of anilines is 1. The van der Waals surface area contributed by atoms with Crippen LogP contribution in [0.3, 0.4) is 0 Å². The summed E-state index contributed by atoms with van der Waals surface area (Å²) in [6, 6.07) is 0. The first-order valence-corrected chi connectivity index (χ1v) is 4.82. The topological polar surface area (TPSA) is 104 Å². The van der Waals surface area contributed by atoms with Crippen molar-refractivity contribution in [2.24, 2.45) is 0 Å². The first kappa shape index (κ1) is 9.97. The van der Waals surface area contributed by atoms with Crippen LogP contribution < -0.4 is 11.1 Å². The minimum absolute atomic E-state index is 0.0396. The number of aliphatic hydroxyl groups is 1. The predicted octanol–water partition coefficient (Wildman–Crippen LogP) is -0.445. The monoisotopic (exact) mass is 210 g/mol. The van der Waals surface area contributed by atoms with E-state index in [1.54, 1.807) is 6.92 Å². The smallest absolute Gasteiger partial charge is 0.274 e. The summed E-state index contributed by atoms with van der Waals surface area (Å²) < 4.78 is 0. The zero-order valence-corrected chi connectivity index (χ0v) is 8.50. The van der Waals surface area contributed by atoms with Crippen molar-refractivity contribution in [3.63, 3.8) is 0 Å². The van der Waals surface area contributed by atoms with Crippen LogP contribution in [0.1, 0.15) is 29.0 Å². The van der Waals surface area contributed by atoms with Gasteiger partial charge in [0.05, 0.1) is 23.5 Å². The molecular weight excluding hydrogens is 196 g/mol. The van der Waals surface area contributed by atoms with Gasteiger partial charge in [-0.05, 0) is 19.8 Å². The van der Waals surface area contributed by atoms with Gasteiger partial charge in [-0.1, -0.05) is 0 Å². The number of nitrogens with one attached hydrogen (secondary N) is 2. The minimum Gasteiger partial charge on any atom is -0.395 e. The molecule has 0 aliphatic heterocycles. The highest BCUT2D eigenvalue weighted by molar-refractivity contribution is 5.98. The Morgan fingerprint density at radius 3 is 2.80 bits per heavy atom. The summed E-state index contributed by atoms with van der Waals surface area (Å²) in [6.45, 7) is 1.71. The Labute approximate surface area is 86.9 Å². The van der Waals surface area contributed by atoms with Gasteiger partial charge in [-0.15, -0.1) is 0 Å². The number of hydrogen-bond donors (Lipinski definition) is 4. The number of carbonyl (C=O) groups is 1. The summed E-state index contributed by atoms with van der Waals surface area (Å²) in [5.41, 5.74) is 6.47. The number of aryl methyl sites for hydroxylation is 1. The lowest BCUT2D eigenvalue weighted by Crippen LogP contribution is -2.40. The first-order valence-electron chi connectivity index (χ1n) is 4.82. The van der Waals surface area contributed by atoms with Crippen LogP contribution in [-0.2, 0) is 0 Å². The van der Waals surface area contributed by atoms with Crippen molar-refractivity contribution in [1.82, 2.24) is 15.5 Å². The summed E-state index contributed by atoms with van der Waals surface area (Å²) in [6.07, 6.45) is 1.61. The number of aromatic amines is 1. The fraction of sp³-hybridized carbons (Fsp3) is 0.556. The molecule has 0 spiro atoms. The number of carbonyl (C=O) groups excluding carboxylic acids is 1. The van der Waals surface area contributed by atoms with Gasteiger partial charge in [-0.3, -0.25) is 9.89 Å². The molecule has 0 radical (unpaired) electrons. The number of amides is 1. The van der Waals surface area contributed by atoms with Gasteiger partial charge in [-0.25, -0.2) is 0 Å². The van der Waals surface area contributed by atoms with Crippen molar-refractivity contribution in [3.05, 3.63) is 11.4 Å². The summed E-state index contributed by atoms with van der Waals surface area (Å²) >= 11 is 0. The molecule has 1 heterocycles. The second-order valence-electron chi connectivity index (χ2n) is 4.00. The van der Waals surface area contributed by atoms with Crippen LogP contribution in [0.4, 0.5) is 5.69 Å². The van der Waals surface area contributed by atoms with Gasteiger partial charge < -0.3 is 16.2 Å². The van der Waals surface area contributed by atoms with E-state index in [1.165, 1.54) is 0 Å². The maximum absolute atomic E-state index is 11.7. The van der Waals surface area contributed by atoms with E-state index in [0.717, 1.165) is 12.8 Å². The predicted molar refractivity (Wildman–Crippen MR) is 54.3 cm³/mol. The molecule has 0 aromatic carbocycles. The zero-order chi connectivity index (χ0) is 11.1. The third-order valence-electron chi connectivity index (χ3n) is 2.74. The van der Waals surface area contributed by atoms with E-state index in [9.17, 15) is 4.79 Å². The molecule has 6 nitrogen and oxygen atoms in total. The maximum atomic E-state index is 11.7. The van der Waals surface area contributed by atoms with E-state index in [2.05, 4.69) is 15.5 Å². The molecule has 0 unspecified atom stereocenters. The standard InChI is InChI=1S/C9H14N4O2/c1-5-6(10)7(13-12-5)8(15)11-9(4-14)2-3-9/h14H,2-4,10H2,1H3,(H,11,15)(H,12,13). The Kier molecular flexibility index (Phi) is 2.15. The number of nitrogens with zero attached hydrogens (tertiary/aromatic N) is 1. The molecule has 5 N–H and O–H groups in total. The molecule has 1 aliphatic rings. The second-order valence-corrected chi connectivity index (χ2v) is 4.00. The molecule has 1 saturated carbocycles. The number of aromatic nitrogens is 2. The van der Waals surface area contributed by atoms with Crippen molar-refractivity contribution < 1.29 is 9.90 Å². The molecule has 0 atom stereocenters. The van der Waals surface area contributed by atoms with E-state index in [1.807, 2.05) is 0 Å². The van der Waals surface area contributed by atoms with Crippen LogP contribution in [0, 0.1) is 6.92 Å². The molecule has 1 aromatic rings. The maximum Gasteiger partial charge on any atom is 0.274 e. The summed E-state index contributed by atoms with van der Waals surface area (Å²) in [7, 11) is 0. The van der Waals surface area contributed by atoms with Gasteiger partial charge in [0.25, 0.3) is 5.91 Å². The molecule has 2 rings (SSSR count). The third kappa shape index (κ3) is 1.68. The van der Waals surface area contributed by atoms with Crippen molar-refractivity contribution in [1.29, 1.82) is 0 Å². The zero-order valence-electron chi connectivity index (χ0n) is 8.50. The first-order chi connectivity index (χ1) is 7.08. The minimum atomic E-state index is -0.434. The summed E-state index contributed by atoms with van der Waals surface area (Å²) in [5.74, 6) is -0.330. The number of H-pyrrole nitrogens is 1. The lowest BCUT2D eigenvalue weighted by Gasteiger charge is -2.12. The number of nitrogens with two attached hydrogens (primary N) is 1. The average molecular weight is 210 g/mol. The molecule has 0 bridgehead atoms. The van der Waals surface area contributed by atoms with E-state index < -0.39 is 5.54 Å². The van der Waals surface area contributed by atoms with Crippen LogP contribution in [0.15, 0.2) is 0 Å². The van der Waals surface area contributed by atoms with Crippen molar-refractivity contribution in [3.8, 4) is 0 Å². The Morgan fingerprint density at radius 2 is 2.40 bits per heavy atom. The quantitative estimate of drug-likeness (QED) is 0.542. The number of nitrogen functional groups attached to an aromatic ring is 1.